The molecule has 1 saturated heterocycles. The van der Waals surface area contributed by atoms with Crippen LogP contribution in [-0.2, 0) is 4.74 Å². The first-order valence-corrected chi connectivity index (χ1v) is 5.89. The largest absolute Gasteiger partial charge is 0.393 e. The van der Waals surface area contributed by atoms with E-state index >= 15 is 0 Å². The molecule has 11 nitrogen and oxygen atoms in total. The van der Waals surface area contributed by atoms with E-state index in [-0.39, 0.29) is 5.56 Å². The summed E-state index contributed by atoms with van der Waals surface area (Å²) in [5.41, 5.74) is 5.06. The first-order valence-electron chi connectivity index (χ1n) is 5.89. The van der Waals surface area contributed by atoms with E-state index in [0.29, 0.717) is 0 Å². The summed E-state index contributed by atoms with van der Waals surface area (Å²) in [5, 5.41) is 32.3. The van der Waals surface area contributed by atoms with Gasteiger partial charge in [-0.15, -0.1) is 0 Å². The molecule has 1 aromatic heterocycles. The van der Waals surface area contributed by atoms with Crippen LogP contribution in [0.3, 0.4) is 0 Å². The number of hydrogen-bond acceptors (Lipinski definition) is 7. The third-order valence-corrected chi connectivity index (χ3v) is 3.26. The Kier molecular flexibility index (Phi) is 3.85. The minimum Gasteiger partial charge on any atom is -0.393 e. The summed E-state index contributed by atoms with van der Waals surface area (Å²) in [7, 11) is 0. The van der Waals surface area contributed by atoms with E-state index in [1.165, 1.54) is 6.92 Å². The predicted octanol–water partition coefficient (Wildman–Crippen LogP) is -1.91. The van der Waals surface area contributed by atoms with Crippen molar-refractivity contribution in [1.29, 1.82) is 0 Å². The van der Waals surface area contributed by atoms with Crippen molar-refractivity contribution in [3.05, 3.63) is 43.0 Å². The Morgan fingerprint density at radius 3 is 2.81 bits per heavy atom. The van der Waals surface area contributed by atoms with Crippen LogP contribution in [0.15, 0.2) is 20.9 Å². The van der Waals surface area contributed by atoms with Crippen molar-refractivity contribution < 1.29 is 20.1 Å². The number of nitrogens with zero attached hydrogens (tertiary/aromatic N) is 4. The fourth-order valence-electron chi connectivity index (χ4n) is 2.09. The zero-order valence-corrected chi connectivity index (χ0v) is 10.9. The second-order valence-electron chi connectivity index (χ2n) is 4.61. The molecule has 1 aliphatic rings. The third kappa shape index (κ3) is 2.33. The van der Waals surface area contributed by atoms with Gasteiger partial charge in [0.1, 0.15) is 12.2 Å². The third-order valence-electron chi connectivity index (χ3n) is 3.26. The van der Waals surface area contributed by atoms with Crippen LogP contribution in [0.2, 0.25) is 0 Å². The summed E-state index contributed by atoms with van der Waals surface area (Å²) < 4.78 is 6.04. The highest BCUT2D eigenvalue weighted by molar-refractivity contribution is 5.05. The fourth-order valence-corrected chi connectivity index (χ4v) is 2.09. The Morgan fingerprint density at radius 1 is 1.57 bits per heavy atom. The summed E-state index contributed by atoms with van der Waals surface area (Å²) >= 11 is 0. The van der Waals surface area contributed by atoms with Crippen LogP contribution in [0.5, 0.6) is 0 Å². The van der Waals surface area contributed by atoms with Crippen LogP contribution >= 0.6 is 0 Å². The predicted molar refractivity (Wildman–Crippen MR) is 67.2 cm³/mol. The molecule has 114 valence electrons. The average Bonchev–Trinajstić information content (AvgIpc) is 2.69. The summed E-state index contributed by atoms with van der Waals surface area (Å²) in [4.78, 5) is 27.5. The lowest BCUT2D eigenvalue weighted by Crippen LogP contribution is -2.44. The van der Waals surface area contributed by atoms with E-state index in [2.05, 4.69) is 10.0 Å². The van der Waals surface area contributed by atoms with Gasteiger partial charge in [0, 0.05) is 16.7 Å². The topological polar surface area (TPSA) is 174 Å². The van der Waals surface area contributed by atoms with Gasteiger partial charge < -0.3 is 20.1 Å². The molecule has 0 amide bonds. The molecule has 1 aromatic rings. The Labute approximate surface area is 116 Å². The van der Waals surface area contributed by atoms with Gasteiger partial charge in [0.05, 0.1) is 6.61 Å². The highest BCUT2D eigenvalue weighted by Gasteiger charge is 2.54. The minimum absolute atomic E-state index is 0.171. The maximum atomic E-state index is 11.8. The number of aryl methyl sites for hydroxylation is 1. The monoisotopic (exact) mass is 299 g/mol. The van der Waals surface area contributed by atoms with Gasteiger partial charge in [-0.25, -0.2) is 4.79 Å². The lowest BCUT2D eigenvalue weighted by Gasteiger charge is -2.23. The molecule has 0 unspecified atom stereocenters. The Balaban J connectivity index is 2.52. The molecule has 11 heteroatoms. The van der Waals surface area contributed by atoms with Crippen molar-refractivity contribution in [2.75, 3.05) is 6.61 Å². The van der Waals surface area contributed by atoms with Crippen LogP contribution in [0.1, 0.15) is 11.8 Å². The molecule has 1 aliphatic heterocycles. The Hall–Kier alpha value is -2.17. The standard InChI is InChI=1S/C10H13N5O6/c1-4-2-15(9(20)12-7(4)19)8-5(17)6(18)10(3-16,21-8)13-14-11/h2,5-6,8,16-18H,3H2,1H3,(H,12,19,20)/t5-,6+,8-,10-/m1/s1. The molecular formula is C10H13N5O6. The van der Waals surface area contributed by atoms with Gasteiger partial charge in [-0.2, -0.15) is 0 Å². The molecule has 0 saturated carbocycles. The van der Waals surface area contributed by atoms with Crippen LogP contribution in [0, 0.1) is 6.92 Å². The van der Waals surface area contributed by atoms with E-state index in [1.807, 2.05) is 4.98 Å². The Bertz CT molecular complexity index is 707. The molecule has 0 spiro atoms. The molecule has 21 heavy (non-hydrogen) atoms. The minimum atomic E-state index is -2.11. The van der Waals surface area contributed by atoms with Gasteiger partial charge in [-0.1, -0.05) is 5.11 Å². The van der Waals surface area contributed by atoms with Gasteiger partial charge in [0.15, 0.2) is 6.23 Å². The molecule has 4 N–H and O–H groups in total. The van der Waals surface area contributed by atoms with Crippen LogP contribution < -0.4 is 11.2 Å². The van der Waals surface area contributed by atoms with Crippen molar-refractivity contribution >= 4 is 0 Å². The first kappa shape index (κ1) is 15.2. The van der Waals surface area contributed by atoms with Gasteiger partial charge in [-0.3, -0.25) is 14.3 Å². The lowest BCUT2D eigenvalue weighted by molar-refractivity contribution is -0.125. The number of hydrogen-bond donors (Lipinski definition) is 4. The van der Waals surface area contributed by atoms with Gasteiger partial charge >= 0.3 is 5.69 Å². The zero-order chi connectivity index (χ0) is 15.8. The molecule has 0 aromatic carbocycles. The summed E-state index contributed by atoms with van der Waals surface area (Å²) in [6, 6.07) is 0. The molecule has 2 heterocycles. The summed E-state index contributed by atoms with van der Waals surface area (Å²) in [5.74, 6) is 0. The highest BCUT2D eigenvalue weighted by atomic mass is 16.6. The maximum Gasteiger partial charge on any atom is 0.330 e. The van der Waals surface area contributed by atoms with Gasteiger partial charge in [-0.05, 0) is 12.5 Å². The van der Waals surface area contributed by atoms with Crippen molar-refractivity contribution in [3.8, 4) is 0 Å². The number of aromatic nitrogens is 2. The SMILES string of the molecule is Cc1cn([C@@H]2O[C@@](CO)(N=[N+]=[N-])[C@@H](O)[C@H]2O)c(=O)[nH]c1=O. The fraction of sp³-hybridized carbons (Fsp3) is 0.600. The Morgan fingerprint density at radius 2 is 2.24 bits per heavy atom. The van der Waals surface area contributed by atoms with E-state index in [0.717, 1.165) is 10.8 Å². The van der Waals surface area contributed by atoms with Crippen LogP contribution in [0.25, 0.3) is 10.4 Å². The van der Waals surface area contributed by atoms with E-state index in [4.69, 9.17) is 10.3 Å². The number of aromatic amines is 1. The van der Waals surface area contributed by atoms with E-state index < -0.39 is 42.0 Å². The molecule has 1 fully saturated rings. The van der Waals surface area contributed by atoms with E-state index in [1.54, 1.807) is 0 Å². The number of aliphatic hydroxyl groups excluding tert-OH is 3. The number of aliphatic hydroxyl groups is 3. The van der Waals surface area contributed by atoms with Crippen molar-refractivity contribution in [3.63, 3.8) is 0 Å². The zero-order valence-electron chi connectivity index (χ0n) is 10.9. The maximum absolute atomic E-state index is 11.8. The number of H-pyrrole nitrogens is 1. The van der Waals surface area contributed by atoms with E-state index in [9.17, 15) is 24.9 Å². The van der Waals surface area contributed by atoms with Crippen LogP contribution in [0.4, 0.5) is 0 Å². The molecule has 0 radical (unpaired) electrons. The summed E-state index contributed by atoms with van der Waals surface area (Å²) in [6.07, 6.45) is -3.69. The normalized spacial score (nSPS) is 31.9. The number of nitrogens with one attached hydrogen (secondary N) is 1. The van der Waals surface area contributed by atoms with Crippen molar-refractivity contribution in [2.45, 2.75) is 31.1 Å². The van der Waals surface area contributed by atoms with Crippen molar-refractivity contribution in [2.24, 2.45) is 5.11 Å². The molecule has 0 bridgehead atoms. The molecule has 4 atom stereocenters. The highest BCUT2D eigenvalue weighted by Crippen LogP contribution is 2.37. The quantitative estimate of drug-likeness (QED) is 0.288. The molecular weight excluding hydrogens is 286 g/mol. The summed E-state index contributed by atoms with van der Waals surface area (Å²) in [6.45, 7) is 0.530. The van der Waals surface area contributed by atoms with Gasteiger partial charge in [0.2, 0.25) is 5.72 Å². The number of ether oxygens (including phenoxy) is 1. The second-order valence-corrected chi connectivity index (χ2v) is 4.61. The second kappa shape index (κ2) is 5.31. The number of azide groups is 1. The average molecular weight is 299 g/mol. The molecule has 0 aliphatic carbocycles. The lowest BCUT2D eigenvalue weighted by atomic mass is 10.1. The van der Waals surface area contributed by atoms with Gasteiger partial charge in [0.25, 0.3) is 5.56 Å². The molecule has 2 rings (SSSR count). The van der Waals surface area contributed by atoms with Crippen molar-refractivity contribution in [1.82, 2.24) is 9.55 Å². The number of rotatable bonds is 3. The smallest absolute Gasteiger partial charge is 0.330 e. The van der Waals surface area contributed by atoms with Crippen LogP contribution in [-0.4, -0.2) is 49.4 Å². The first-order chi connectivity index (χ1) is 9.86.